The summed E-state index contributed by atoms with van der Waals surface area (Å²) in [6.45, 7) is -5.47. The molecule has 78 heavy (non-hydrogen) atoms. The molecular formula is C44H68N2O32. The van der Waals surface area contributed by atoms with Gasteiger partial charge < -0.3 is 160 Å². The molecule has 34 nitrogen and oxygen atoms in total. The first-order valence-corrected chi connectivity index (χ1v) is 24.5. The monoisotopic (exact) mass is 1140 g/mol. The number of hydrogen-bond acceptors (Lipinski definition) is 32. The number of aliphatic hydroxyl groups excluding tert-OH is 20. The van der Waals surface area contributed by atoms with Gasteiger partial charge in [-0.3, -0.25) is 9.59 Å². The Morgan fingerprint density at radius 3 is 0.872 bits per heavy atom. The van der Waals surface area contributed by atoms with E-state index in [0.29, 0.717) is 0 Å². The van der Waals surface area contributed by atoms with Crippen LogP contribution in [-0.4, -0.2) is 338 Å². The van der Waals surface area contributed by atoms with E-state index in [2.05, 4.69) is 10.6 Å². The highest BCUT2D eigenvalue weighted by Crippen LogP contribution is 2.35. The summed E-state index contributed by atoms with van der Waals surface area (Å²) in [4.78, 5) is 27.0. The topological polar surface area (TPSA) is 555 Å². The van der Waals surface area contributed by atoms with Gasteiger partial charge in [0.1, 0.15) is 146 Å². The fourth-order valence-corrected chi connectivity index (χ4v) is 9.58. The predicted octanol–water partition coefficient (Wildman–Crippen LogP) is -14.0. The Morgan fingerprint density at radius 1 is 0.321 bits per heavy atom. The number of nitrogens with one attached hydrogen (secondary N) is 2. The summed E-state index contributed by atoms with van der Waals surface area (Å²) in [5, 5.41) is 214. The lowest BCUT2D eigenvalue weighted by molar-refractivity contribution is -0.373. The van der Waals surface area contributed by atoms with Gasteiger partial charge in [-0.15, -0.1) is 0 Å². The second-order valence-corrected chi connectivity index (χ2v) is 19.3. The van der Waals surface area contributed by atoms with Gasteiger partial charge in [0.05, 0.1) is 39.6 Å². The Balaban J connectivity index is 0.956. The van der Waals surface area contributed by atoms with Crippen LogP contribution < -0.4 is 10.6 Å². The van der Waals surface area contributed by atoms with Crippen molar-refractivity contribution in [3.8, 4) is 0 Å². The van der Waals surface area contributed by atoms with Crippen LogP contribution in [0.3, 0.4) is 0 Å². The molecule has 0 aromatic heterocycles. The number of hydrogen-bond donors (Lipinski definition) is 22. The summed E-state index contributed by atoms with van der Waals surface area (Å²) < 4.78 is 55.2. The lowest BCUT2D eigenvalue weighted by Gasteiger charge is -2.48. The number of rotatable bonds is 18. The minimum atomic E-state index is -2.12. The van der Waals surface area contributed by atoms with E-state index < -0.39 is 236 Å². The van der Waals surface area contributed by atoms with Crippen LogP contribution in [-0.2, 0) is 47.4 Å². The summed E-state index contributed by atoms with van der Waals surface area (Å²) in [5.41, 5.74) is -0.393. The maximum atomic E-state index is 13.5. The smallest absolute Gasteiger partial charge is 0.253 e. The third kappa shape index (κ3) is 12.9. The van der Waals surface area contributed by atoms with Gasteiger partial charge in [-0.2, -0.15) is 0 Å². The van der Waals surface area contributed by atoms with Crippen LogP contribution in [0, 0.1) is 0 Å². The molecule has 0 unspecified atom stereocenters. The third-order valence-electron chi connectivity index (χ3n) is 14.2. The third-order valence-corrected chi connectivity index (χ3v) is 14.2. The van der Waals surface area contributed by atoms with Crippen LogP contribution in [0.15, 0.2) is 24.3 Å². The highest BCUT2D eigenvalue weighted by Gasteiger charge is 2.56. The molecule has 1 aromatic carbocycles. The maximum Gasteiger partial charge on any atom is 0.253 e. The van der Waals surface area contributed by atoms with Gasteiger partial charge in [-0.1, -0.05) is 0 Å². The van der Waals surface area contributed by atoms with Gasteiger partial charge >= 0.3 is 0 Å². The summed E-state index contributed by atoms with van der Waals surface area (Å²) in [6.07, 6.45) is -55.3. The SMILES string of the molecule is O=C(N[C@@H]1O[C@H](CO)[C@@H](O)[C@H](O[C@@H]2O[C@H](CO)[C@@H](O[C@@H]3O[C@H](CO)[C@H](O)[C@H](O)[C@H]3O)[C@H](O)[C@H]2O)[C@H]1O)c1ccc(C(=O)N[C@@H]2O[C@H](CO)[C@@H](O)[C@H](O[C@@H]3O[C@H](CO)[C@@H](O[C@@H]4O[C@H](CO)[C@H](O)[C@H](O)[C@H]4O)[C@H](O)[C@H]3O)[C@H]2O)cc1. The van der Waals surface area contributed by atoms with E-state index in [1.54, 1.807) is 0 Å². The second-order valence-electron chi connectivity index (χ2n) is 19.3. The molecule has 1 aromatic rings. The van der Waals surface area contributed by atoms with E-state index in [1.165, 1.54) is 0 Å². The van der Waals surface area contributed by atoms with E-state index in [9.17, 15) is 112 Å². The van der Waals surface area contributed by atoms with Crippen molar-refractivity contribution in [3.05, 3.63) is 35.4 Å². The molecular weight excluding hydrogens is 1070 g/mol. The second kappa shape index (κ2) is 26.9. The zero-order chi connectivity index (χ0) is 57.2. The number of benzene rings is 1. The molecule has 6 aliphatic heterocycles. The molecule has 0 spiro atoms. The lowest BCUT2D eigenvalue weighted by Crippen LogP contribution is -2.67. The Bertz CT molecular complexity index is 1920. The summed E-state index contributed by atoms with van der Waals surface area (Å²) in [5.74, 6) is -1.98. The largest absolute Gasteiger partial charge is 0.394 e. The average Bonchev–Trinajstić information content (AvgIpc) is 3.45. The molecule has 446 valence electrons. The van der Waals surface area contributed by atoms with Crippen LogP contribution in [0.4, 0.5) is 0 Å². The van der Waals surface area contributed by atoms with Gasteiger partial charge in [0.15, 0.2) is 37.6 Å². The fourth-order valence-electron chi connectivity index (χ4n) is 9.58. The Hall–Kier alpha value is -3.04. The van der Waals surface area contributed by atoms with Gasteiger partial charge in [0.2, 0.25) is 0 Å². The predicted molar refractivity (Wildman–Crippen MR) is 239 cm³/mol. The van der Waals surface area contributed by atoms with E-state index in [0.717, 1.165) is 24.3 Å². The quantitative estimate of drug-likeness (QED) is 0.0649. The van der Waals surface area contributed by atoms with Crippen LogP contribution in [0.5, 0.6) is 0 Å². The average molecular weight is 1140 g/mol. The Morgan fingerprint density at radius 2 is 0.577 bits per heavy atom. The molecule has 22 N–H and O–H groups in total. The van der Waals surface area contributed by atoms with Crippen LogP contribution in [0.25, 0.3) is 0 Å². The zero-order valence-electron chi connectivity index (χ0n) is 40.7. The molecule has 6 saturated heterocycles. The van der Waals surface area contributed by atoms with Crippen molar-refractivity contribution in [2.75, 3.05) is 39.6 Å². The van der Waals surface area contributed by atoms with Crippen LogP contribution >= 0.6 is 0 Å². The summed E-state index contributed by atoms with van der Waals surface area (Å²) in [7, 11) is 0. The fraction of sp³-hybridized carbons (Fsp3) is 0.818. The first kappa shape index (κ1) is 62.6. The first-order valence-electron chi connectivity index (χ1n) is 24.5. The molecule has 30 atom stereocenters. The van der Waals surface area contributed by atoms with Crippen LogP contribution in [0.2, 0.25) is 0 Å². The molecule has 0 aliphatic carbocycles. The molecule has 6 aliphatic rings. The molecule has 6 heterocycles. The summed E-state index contributed by atoms with van der Waals surface area (Å²) >= 11 is 0. The van der Waals surface area contributed by atoms with Gasteiger partial charge in [-0.25, -0.2) is 0 Å². The zero-order valence-corrected chi connectivity index (χ0v) is 40.7. The van der Waals surface area contributed by atoms with Gasteiger partial charge in [-0.05, 0) is 24.3 Å². The van der Waals surface area contributed by atoms with Gasteiger partial charge in [0, 0.05) is 11.1 Å². The van der Waals surface area contributed by atoms with E-state index in [-0.39, 0.29) is 11.1 Å². The first-order chi connectivity index (χ1) is 37.0. The molecule has 34 heteroatoms. The number of aliphatic hydroxyl groups is 20. The van der Waals surface area contributed by atoms with Gasteiger partial charge in [0.25, 0.3) is 11.8 Å². The lowest BCUT2D eigenvalue weighted by atomic mass is 9.95. The van der Waals surface area contributed by atoms with Crippen molar-refractivity contribution in [1.29, 1.82) is 0 Å². The molecule has 0 saturated carbocycles. The number of amides is 2. The number of carbonyl (C=O) groups is 2. The highest BCUT2D eigenvalue weighted by atomic mass is 16.8. The molecule has 0 radical (unpaired) electrons. The standard InChI is InChI=1S/C44H68N2O32/c47-5-13-19(53)23(57)27(61)41(71-13)75-33-17(9-51)73-43(29(63)25(33)59)77-35-21(55)15(7-49)69-39(31(35)65)45-37(67)11-1-2-12(4-3-11)38(68)46-40-32(66)36(22(56)16(8-50)70-40)78-44-30(64)26(60)34(18(10-52)74-44)76-42-28(62)24(58)20(54)14(6-48)72-42/h1-4,13-36,39-44,47-66H,5-10H2,(H,45,67)(H,46,68)/t13-,14-,15-,16-,17-,18-,19+,20+,21-,22-,23+,24+,25-,26-,27-,28-,29-,30-,31-,32-,33-,34-,35+,36+,39-,40-,41+,42+,43+,44+/m1/s1. The van der Waals surface area contributed by atoms with E-state index in [4.69, 9.17) is 47.4 Å². The van der Waals surface area contributed by atoms with E-state index in [1.807, 2.05) is 0 Å². The van der Waals surface area contributed by atoms with Crippen molar-refractivity contribution in [3.63, 3.8) is 0 Å². The normalized spacial score (nSPS) is 47.3. The van der Waals surface area contributed by atoms with Crippen molar-refractivity contribution in [2.24, 2.45) is 0 Å². The minimum absolute atomic E-state index is 0.196. The van der Waals surface area contributed by atoms with Crippen molar-refractivity contribution in [1.82, 2.24) is 10.6 Å². The molecule has 2 amide bonds. The van der Waals surface area contributed by atoms with Crippen LogP contribution in [0.1, 0.15) is 20.7 Å². The molecule has 7 rings (SSSR count). The Kier molecular flexibility index (Phi) is 21.6. The highest BCUT2D eigenvalue weighted by molar-refractivity contribution is 5.98. The maximum absolute atomic E-state index is 13.5. The summed E-state index contributed by atoms with van der Waals surface area (Å²) in [6, 6.07) is 4.45. The van der Waals surface area contributed by atoms with E-state index >= 15 is 0 Å². The Labute approximate surface area is 440 Å². The minimum Gasteiger partial charge on any atom is -0.394 e. The molecule has 6 fully saturated rings. The van der Waals surface area contributed by atoms with Crippen molar-refractivity contribution in [2.45, 2.75) is 184 Å². The van der Waals surface area contributed by atoms with Crippen molar-refractivity contribution >= 4 is 11.8 Å². The number of carbonyl (C=O) groups excluding carboxylic acids is 2. The van der Waals surface area contributed by atoms with Crippen molar-refractivity contribution < 1.29 is 159 Å². The number of ether oxygens (including phenoxy) is 10. The molecule has 0 bridgehead atoms.